The van der Waals surface area contributed by atoms with Gasteiger partial charge in [0.25, 0.3) is 0 Å². The molecule has 1 rings (SSSR count). The van der Waals surface area contributed by atoms with Crippen LogP contribution in [0.5, 0.6) is 5.75 Å². The third kappa shape index (κ3) is 3.42. The number of hydrogen-bond donors (Lipinski definition) is 1. The first-order valence-corrected chi connectivity index (χ1v) is 5.24. The van der Waals surface area contributed by atoms with Gasteiger partial charge in [-0.25, -0.2) is 4.39 Å². The zero-order valence-electron chi connectivity index (χ0n) is 9.51. The SMILES string of the molecule is CC[C@@H](C)CNc1cc(OC)ccc1F. The molecule has 1 aromatic carbocycles. The van der Waals surface area contributed by atoms with Crippen LogP contribution >= 0.6 is 0 Å². The van der Waals surface area contributed by atoms with Gasteiger partial charge in [0.05, 0.1) is 12.8 Å². The Hall–Kier alpha value is -1.25. The average Bonchev–Trinajstić information content (AvgIpc) is 2.27. The molecule has 0 bridgehead atoms. The number of anilines is 1. The van der Waals surface area contributed by atoms with Crippen LogP contribution < -0.4 is 10.1 Å². The summed E-state index contributed by atoms with van der Waals surface area (Å²) in [4.78, 5) is 0. The second kappa shape index (κ2) is 5.59. The van der Waals surface area contributed by atoms with E-state index in [1.807, 2.05) is 0 Å². The van der Waals surface area contributed by atoms with Crippen molar-refractivity contribution in [3.63, 3.8) is 0 Å². The van der Waals surface area contributed by atoms with E-state index in [4.69, 9.17) is 4.74 Å². The van der Waals surface area contributed by atoms with Crippen LogP contribution in [0.1, 0.15) is 20.3 Å². The van der Waals surface area contributed by atoms with Crippen molar-refractivity contribution < 1.29 is 9.13 Å². The van der Waals surface area contributed by atoms with Gasteiger partial charge in [0.2, 0.25) is 0 Å². The molecule has 15 heavy (non-hydrogen) atoms. The van der Waals surface area contributed by atoms with Gasteiger partial charge in [-0.05, 0) is 18.1 Å². The van der Waals surface area contributed by atoms with E-state index in [2.05, 4.69) is 19.2 Å². The molecule has 0 aliphatic rings. The number of methoxy groups -OCH3 is 1. The van der Waals surface area contributed by atoms with E-state index < -0.39 is 0 Å². The molecule has 1 atom stereocenters. The number of rotatable bonds is 5. The molecule has 0 spiro atoms. The van der Waals surface area contributed by atoms with Gasteiger partial charge in [-0.3, -0.25) is 0 Å². The minimum atomic E-state index is -0.237. The lowest BCUT2D eigenvalue weighted by Crippen LogP contribution is -2.11. The number of nitrogens with one attached hydrogen (secondary N) is 1. The zero-order valence-corrected chi connectivity index (χ0v) is 9.51. The van der Waals surface area contributed by atoms with Crippen LogP contribution in [0, 0.1) is 11.7 Å². The quantitative estimate of drug-likeness (QED) is 0.807. The largest absolute Gasteiger partial charge is 0.497 e. The van der Waals surface area contributed by atoms with Gasteiger partial charge in [-0.2, -0.15) is 0 Å². The summed E-state index contributed by atoms with van der Waals surface area (Å²) in [5.74, 6) is 0.970. The van der Waals surface area contributed by atoms with E-state index in [9.17, 15) is 4.39 Å². The maximum Gasteiger partial charge on any atom is 0.146 e. The van der Waals surface area contributed by atoms with Crippen LogP contribution in [-0.2, 0) is 0 Å². The Kier molecular flexibility index (Phi) is 4.40. The fraction of sp³-hybridized carbons (Fsp3) is 0.500. The predicted molar refractivity (Wildman–Crippen MR) is 60.9 cm³/mol. The van der Waals surface area contributed by atoms with Crippen LogP contribution in [0.2, 0.25) is 0 Å². The highest BCUT2D eigenvalue weighted by Crippen LogP contribution is 2.21. The topological polar surface area (TPSA) is 21.3 Å². The van der Waals surface area contributed by atoms with Crippen molar-refractivity contribution in [2.45, 2.75) is 20.3 Å². The third-order valence-corrected chi connectivity index (χ3v) is 2.51. The molecule has 0 unspecified atom stereocenters. The second-order valence-corrected chi connectivity index (χ2v) is 3.74. The molecule has 2 nitrogen and oxygen atoms in total. The zero-order chi connectivity index (χ0) is 11.3. The standard InChI is InChI=1S/C12H18FNO/c1-4-9(2)8-14-12-7-10(15-3)5-6-11(12)13/h5-7,9,14H,4,8H2,1-3H3/t9-/m1/s1. The number of halogens is 1. The van der Waals surface area contributed by atoms with Gasteiger partial charge in [0.15, 0.2) is 0 Å². The third-order valence-electron chi connectivity index (χ3n) is 2.51. The van der Waals surface area contributed by atoms with E-state index in [0.717, 1.165) is 13.0 Å². The van der Waals surface area contributed by atoms with Crippen molar-refractivity contribution >= 4 is 5.69 Å². The normalized spacial score (nSPS) is 12.3. The molecular formula is C12H18FNO. The maximum atomic E-state index is 13.3. The molecule has 0 radical (unpaired) electrons. The Morgan fingerprint density at radius 1 is 1.47 bits per heavy atom. The van der Waals surface area contributed by atoms with Gasteiger partial charge < -0.3 is 10.1 Å². The molecular weight excluding hydrogens is 193 g/mol. The fourth-order valence-corrected chi connectivity index (χ4v) is 1.20. The molecule has 0 heterocycles. The lowest BCUT2D eigenvalue weighted by Gasteiger charge is -2.12. The van der Waals surface area contributed by atoms with Crippen molar-refractivity contribution in [2.75, 3.05) is 19.0 Å². The summed E-state index contributed by atoms with van der Waals surface area (Å²) in [5, 5.41) is 3.08. The molecule has 0 aliphatic heterocycles. The van der Waals surface area contributed by atoms with Crippen molar-refractivity contribution in [3.8, 4) is 5.75 Å². The Labute approximate surface area is 90.4 Å². The van der Waals surface area contributed by atoms with Crippen LogP contribution in [-0.4, -0.2) is 13.7 Å². The predicted octanol–water partition coefficient (Wildman–Crippen LogP) is 3.29. The first-order chi connectivity index (χ1) is 7.17. The maximum absolute atomic E-state index is 13.3. The average molecular weight is 211 g/mol. The van der Waals surface area contributed by atoms with E-state index in [0.29, 0.717) is 17.4 Å². The lowest BCUT2D eigenvalue weighted by molar-refractivity contribution is 0.414. The molecule has 0 saturated carbocycles. The number of hydrogen-bond acceptors (Lipinski definition) is 2. The van der Waals surface area contributed by atoms with E-state index in [-0.39, 0.29) is 5.82 Å². The highest BCUT2D eigenvalue weighted by atomic mass is 19.1. The Balaban J connectivity index is 2.66. The number of ether oxygens (including phenoxy) is 1. The summed E-state index contributed by atoms with van der Waals surface area (Å²) >= 11 is 0. The summed E-state index contributed by atoms with van der Waals surface area (Å²) in [6.45, 7) is 5.03. The molecule has 0 aromatic heterocycles. The van der Waals surface area contributed by atoms with Crippen molar-refractivity contribution in [2.24, 2.45) is 5.92 Å². The van der Waals surface area contributed by atoms with Gasteiger partial charge in [-0.1, -0.05) is 20.3 Å². The van der Waals surface area contributed by atoms with Crippen LogP contribution in [0.15, 0.2) is 18.2 Å². The first-order valence-electron chi connectivity index (χ1n) is 5.24. The van der Waals surface area contributed by atoms with E-state index >= 15 is 0 Å². The van der Waals surface area contributed by atoms with Crippen molar-refractivity contribution in [3.05, 3.63) is 24.0 Å². The summed E-state index contributed by atoms with van der Waals surface area (Å²) in [6.07, 6.45) is 1.08. The highest BCUT2D eigenvalue weighted by molar-refractivity contribution is 5.49. The summed E-state index contributed by atoms with van der Waals surface area (Å²) in [5.41, 5.74) is 0.509. The second-order valence-electron chi connectivity index (χ2n) is 3.74. The Bertz CT molecular complexity index is 314. The van der Waals surface area contributed by atoms with Gasteiger partial charge in [0.1, 0.15) is 11.6 Å². The van der Waals surface area contributed by atoms with Crippen LogP contribution in [0.25, 0.3) is 0 Å². The minimum Gasteiger partial charge on any atom is -0.497 e. The summed E-state index contributed by atoms with van der Waals surface area (Å²) < 4.78 is 18.4. The van der Waals surface area contributed by atoms with Crippen LogP contribution in [0.3, 0.4) is 0 Å². The summed E-state index contributed by atoms with van der Waals surface area (Å²) in [7, 11) is 1.58. The van der Waals surface area contributed by atoms with E-state index in [1.54, 1.807) is 19.2 Å². The molecule has 0 amide bonds. The fourth-order valence-electron chi connectivity index (χ4n) is 1.20. The van der Waals surface area contributed by atoms with E-state index in [1.165, 1.54) is 6.07 Å². The smallest absolute Gasteiger partial charge is 0.146 e. The Morgan fingerprint density at radius 3 is 2.80 bits per heavy atom. The molecule has 1 N–H and O–H groups in total. The van der Waals surface area contributed by atoms with Gasteiger partial charge in [-0.15, -0.1) is 0 Å². The van der Waals surface area contributed by atoms with Crippen molar-refractivity contribution in [1.82, 2.24) is 0 Å². The summed E-state index contributed by atoms with van der Waals surface area (Å²) in [6, 6.07) is 4.71. The molecule has 0 saturated heterocycles. The molecule has 0 aliphatic carbocycles. The highest BCUT2D eigenvalue weighted by Gasteiger charge is 2.05. The molecule has 1 aromatic rings. The molecule has 84 valence electrons. The van der Waals surface area contributed by atoms with Gasteiger partial charge in [0, 0.05) is 12.6 Å². The van der Waals surface area contributed by atoms with Crippen LogP contribution in [0.4, 0.5) is 10.1 Å². The minimum absolute atomic E-state index is 0.237. The molecule has 0 fully saturated rings. The van der Waals surface area contributed by atoms with Crippen molar-refractivity contribution in [1.29, 1.82) is 0 Å². The Morgan fingerprint density at radius 2 is 2.20 bits per heavy atom. The number of benzene rings is 1. The molecule has 3 heteroatoms. The first kappa shape index (κ1) is 11.8. The lowest BCUT2D eigenvalue weighted by atomic mass is 10.1. The monoisotopic (exact) mass is 211 g/mol. The van der Waals surface area contributed by atoms with Gasteiger partial charge >= 0.3 is 0 Å².